The fraction of sp³-hybridized carbons (Fsp3) is 0.583. The minimum atomic E-state index is 0.0313. The zero-order valence-electron chi connectivity index (χ0n) is 11.2. The molecule has 2 aromatic heterocycles. The molecule has 0 spiro atoms. The van der Waals surface area contributed by atoms with Gasteiger partial charge in [-0.15, -0.1) is 5.10 Å². The molecule has 19 heavy (non-hydrogen) atoms. The summed E-state index contributed by atoms with van der Waals surface area (Å²) >= 11 is 1.17. The molecule has 0 saturated carbocycles. The molecular weight excluding hydrogens is 262 g/mol. The highest BCUT2D eigenvalue weighted by Crippen LogP contribution is 2.15. The van der Waals surface area contributed by atoms with Gasteiger partial charge in [-0.05, 0) is 24.4 Å². The average Bonchev–Trinajstić information content (AvgIpc) is 3.00. The van der Waals surface area contributed by atoms with Crippen LogP contribution >= 0.6 is 11.5 Å². The fourth-order valence-corrected chi connectivity index (χ4v) is 2.51. The van der Waals surface area contributed by atoms with Gasteiger partial charge in [0.1, 0.15) is 17.0 Å². The van der Waals surface area contributed by atoms with Gasteiger partial charge in [-0.3, -0.25) is 4.79 Å². The van der Waals surface area contributed by atoms with Crippen molar-refractivity contribution in [2.45, 2.75) is 46.1 Å². The van der Waals surface area contributed by atoms with Crippen molar-refractivity contribution in [2.75, 3.05) is 0 Å². The molecule has 2 aromatic rings. The average molecular weight is 279 g/mol. The first-order valence-electron chi connectivity index (χ1n) is 6.47. The van der Waals surface area contributed by atoms with Gasteiger partial charge in [-0.25, -0.2) is 9.67 Å². The Balaban J connectivity index is 2.12. The van der Waals surface area contributed by atoms with E-state index >= 15 is 0 Å². The van der Waals surface area contributed by atoms with Gasteiger partial charge in [0, 0.05) is 6.54 Å². The Kier molecular flexibility index (Phi) is 4.73. The van der Waals surface area contributed by atoms with E-state index in [-0.39, 0.29) is 12.2 Å². The number of nitrogens with zero attached hydrogens (tertiary/aromatic N) is 5. The van der Waals surface area contributed by atoms with Crippen molar-refractivity contribution in [2.24, 2.45) is 0 Å². The SMILES string of the molecule is CCCc1nnsc1C(=O)Cc1ncnn1CCC. The second-order valence-electron chi connectivity index (χ2n) is 4.30. The molecule has 2 heterocycles. The number of hydrogen-bond acceptors (Lipinski definition) is 6. The van der Waals surface area contributed by atoms with Crippen molar-refractivity contribution in [1.29, 1.82) is 0 Å². The van der Waals surface area contributed by atoms with Gasteiger partial charge < -0.3 is 0 Å². The maximum absolute atomic E-state index is 12.3. The van der Waals surface area contributed by atoms with Gasteiger partial charge in [0.05, 0.1) is 12.1 Å². The molecule has 0 aliphatic carbocycles. The summed E-state index contributed by atoms with van der Waals surface area (Å²) in [4.78, 5) is 17.1. The molecule has 0 unspecified atom stereocenters. The first-order chi connectivity index (χ1) is 9.26. The molecule has 102 valence electrons. The molecule has 0 bridgehead atoms. The zero-order chi connectivity index (χ0) is 13.7. The van der Waals surface area contributed by atoms with Crippen LogP contribution in [0.3, 0.4) is 0 Å². The van der Waals surface area contributed by atoms with E-state index in [1.165, 1.54) is 17.9 Å². The summed E-state index contributed by atoms with van der Waals surface area (Å²) in [6.45, 7) is 4.91. The summed E-state index contributed by atoms with van der Waals surface area (Å²) < 4.78 is 5.66. The van der Waals surface area contributed by atoms with E-state index < -0.39 is 0 Å². The van der Waals surface area contributed by atoms with E-state index in [0.717, 1.165) is 31.5 Å². The molecule has 0 atom stereocenters. The Morgan fingerprint density at radius 2 is 2.21 bits per heavy atom. The number of carbonyl (C=O) groups is 1. The van der Waals surface area contributed by atoms with Crippen molar-refractivity contribution in [3.05, 3.63) is 22.7 Å². The topological polar surface area (TPSA) is 73.6 Å². The first-order valence-corrected chi connectivity index (χ1v) is 7.24. The molecule has 0 amide bonds. The van der Waals surface area contributed by atoms with Crippen LogP contribution in [0.4, 0.5) is 0 Å². The van der Waals surface area contributed by atoms with Crippen LogP contribution < -0.4 is 0 Å². The molecule has 0 aliphatic rings. The van der Waals surface area contributed by atoms with E-state index in [0.29, 0.717) is 10.7 Å². The molecule has 0 N–H and O–H groups in total. The minimum absolute atomic E-state index is 0.0313. The van der Waals surface area contributed by atoms with E-state index in [4.69, 9.17) is 0 Å². The van der Waals surface area contributed by atoms with Gasteiger partial charge >= 0.3 is 0 Å². The summed E-state index contributed by atoms with van der Waals surface area (Å²) in [5, 5.41) is 8.14. The third kappa shape index (κ3) is 3.23. The summed E-state index contributed by atoms with van der Waals surface area (Å²) in [5.74, 6) is 0.742. The maximum Gasteiger partial charge on any atom is 0.183 e. The van der Waals surface area contributed by atoms with Crippen molar-refractivity contribution in [1.82, 2.24) is 24.4 Å². The maximum atomic E-state index is 12.3. The summed E-state index contributed by atoms with van der Waals surface area (Å²) in [7, 11) is 0. The Morgan fingerprint density at radius 3 is 2.95 bits per heavy atom. The molecule has 0 aromatic carbocycles. The summed E-state index contributed by atoms with van der Waals surface area (Å²) in [6, 6.07) is 0. The Hall–Kier alpha value is -1.63. The van der Waals surface area contributed by atoms with Crippen molar-refractivity contribution >= 4 is 17.3 Å². The normalized spacial score (nSPS) is 10.8. The minimum Gasteiger partial charge on any atom is -0.293 e. The smallest absolute Gasteiger partial charge is 0.183 e. The first kappa shape index (κ1) is 13.8. The lowest BCUT2D eigenvalue weighted by molar-refractivity contribution is 0.0992. The standard InChI is InChI=1S/C12H17N5OS/c1-3-5-9-12(19-16-15-9)10(18)7-11-13-8-14-17(11)6-4-2/h8H,3-7H2,1-2H3. The van der Waals surface area contributed by atoms with Crippen molar-refractivity contribution < 1.29 is 4.79 Å². The van der Waals surface area contributed by atoms with E-state index in [1.807, 2.05) is 0 Å². The van der Waals surface area contributed by atoms with Gasteiger partial charge in [0.25, 0.3) is 0 Å². The van der Waals surface area contributed by atoms with Crippen LogP contribution in [0.1, 0.15) is 47.9 Å². The summed E-state index contributed by atoms with van der Waals surface area (Å²) in [6.07, 6.45) is 4.47. The molecule has 2 rings (SSSR count). The van der Waals surface area contributed by atoms with Crippen LogP contribution in [-0.4, -0.2) is 30.1 Å². The fourth-order valence-electron chi connectivity index (χ4n) is 1.87. The van der Waals surface area contributed by atoms with Crippen molar-refractivity contribution in [3.8, 4) is 0 Å². The lowest BCUT2D eigenvalue weighted by Crippen LogP contribution is -2.12. The second-order valence-corrected chi connectivity index (χ2v) is 5.05. The predicted octanol–water partition coefficient (Wildman–Crippen LogP) is 1.92. The third-order valence-corrected chi connectivity index (χ3v) is 3.55. The predicted molar refractivity (Wildman–Crippen MR) is 72.3 cm³/mol. The number of Topliss-reactive ketones (excluding diaryl/α,β-unsaturated/α-hetero) is 1. The molecule has 7 heteroatoms. The van der Waals surface area contributed by atoms with E-state index in [2.05, 4.69) is 33.5 Å². The highest BCUT2D eigenvalue weighted by molar-refractivity contribution is 7.08. The zero-order valence-corrected chi connectivity index (χ0v) is 12.0. The van der Waals surface area contributed by atoms with E-state index in [1.54, 1.807) is 4.68 Å². The number of ketones is 1. The van der Waals surface area contributed by atoms with E-state index in [9.17, 15) is 4.79 Å². The molecule has 0 fully saturated rings. The lowest BCUT2D eigenvalue weighted by Gasteiger charge is -2.03. The Morgan fingerprint density at radius 1 is 1.37 bits per heavy atom. The van der Waals surface area contributed by atoms with Crippen LogP contribution in [0.5, 0.6) is 0 Å². The van der Waals surface area contributed by atoms with Gasteiger partial charge in [-0.1, -0.05) is 24.8 Å². The quantitative estimate of drug-likeness (QED) is 0.724. The number of aryl methyl sites for hydroxylation is 2. The molecule has 6 nitrogen and oxygen atoms in total. The Labute approximate surface area is 116 Å². The van der Waals surface area contributed by atoms with Gasteiger partial charge in [0.15, 0.2) is 5.78 Å². The Bertz CT molecular complexity index is 548. The van der Waals surface area contributed by atoms with Crippen molar-refractivity contribution in [3.63, 3.8) is 0 Å². The molecule has 0 aliphatic heterocycles. The third-order valence-electron chi connectivity index (χ3n) is 2.75. The molecule has 0 radical (unpaired) electrons. The van der Waals surface area contributed by atoms with Crippen LogP contribution in [0, 0.1) is 0 Å². The largest absolute Gasteiger partial charge is 0.293 e. The van der Waals surface area contributed by atoms with Crippen LogP contribution in [0.2, 0.25) is 0 Å². The molecular formula is C12H17N5OS. The number of carbonyl (C=O) groups excluding carboxylic acids is 1. The summed E-state index contributed by atoms with van der Waals surface area (Å²) in [5.41, 5.74) is 0.805. The second kappa shape index (κ2) is 6.51. The van der Waals surface area contributed by atoms with Gasteiger partial charge in [-0.2, -0.15) is 5.10 Å². The van der Waals surface area contributed by atoms with Crippen LogP contribution in [-0.2, 0) is 19.4 Å². The number of rotatable bonds is 7. The lowest BCUT2D eigenvalue weighted by atomic mass is 10.1. The van der Waals surface area contributed by atoms with Gasteiger partial charge in [0.2, 0.25) is 0 Å². The van der Waals surface area contributed by atoms with Crippen LogP contribution in [0.15, 0.2) is 6.33 Å². The van der Waals surface area contributed by atoms with Crippen LogP contribution in [0.25, 0.3) is 0 Å². The number of aromatic nitrogens is 5. The monoisotopic (exact) mass is 279 g/mol. The highest BCUT2D eigenvalue weighted by Gasteiger charge is 2.18. The highest BCUT2D eigenvalue weighted by atomic mass is 32.1. The number of hydrogen-bond donors (Lipinski definition) is 0. The molecule has 0 saturated heterocycles.